The summed E-state index contributed by atoms with van der Waals surface area (Å²) < 4.78 is 0. The number of hydrogen-bond donors (Lipinski definition) is 0. The molecule has 1 rings (SSSR count). The average Bonchev–Trinajstić information content (AvgIpc) is 2.36. The molecule has 0 aliphatic rings. The molecular weight excluding hydrogens is 216 g/mol. The van der Waals surface area contributed by atoms with Gasteiger partial charge in [0.05, 0.1) is 0 Å². The number of hydrogen-bond acceptors (Lipinski definition) is 0. The summed E-state index contributed by atoms with van der Waals surface area (Å²) in [5.41, 5.74) is 2.68. The minimum absolute atomic E-state index is 1.25. The fourth-order valence-corrected chi connectivity index (χ4v) is 0.807. The van der Waals surface area contributed by atoms with Crippen LogP contribution in [0.1, 0.15) is 79.4 Å². The van der Waals surface area contributed by atoms with Gasteiger partial charge in [0, 0.05) is 0 Å². The Morgan fingerprint density at radius 2 is 0.889 bits per heavy atom. The smallest absolute Gasteiger partial charge is 0.0398 e. The molecule has 0 spiro atoms. The van der Waals surface area contributed by atoms with Gasteiger partial charge in [-0.3, -0.25) is 0 Å². The summed E-state index contributed by atoms with van der Waals surface area (Å²) in [5, 5.41) is 0. The van der Waals surface area contributed by atoms with E-state index in [-0.39, 0.29) is 0 Å². The minimum Gasteiger partial charge on any atom is -0.0683 e. The van der Waals surface area contributed by atoms with E-state index < -0.39 is 0 Å². The SMILES string of the molecule is CC.CC.CCC.CCC.Cc1cccc(C)c1. The first-order chi connectivity index (χ1) is 8.62. The minimum atomic E-state index is 1.25. The van der Waals surface area contributed by atoms with Crippen molar-refractivity contribution >= 4 is 0 Å². The molecule has 0 aliphatic heterocycles. The molecule has 0 saturated carbocycles. The summed E-state index contributed by atoms with van der Waals surface area (Å²) in [6.45, 7) is 20.7. The van der Waals surface area contributed by atoms with Gasteiger partial charge in [-0.15, -0.1) is 0 Å². The molecule has 110 valence electrons. The molecule has 0 aromatic heterocycles. The number of rotatable bonds is 0. The maximum absolute atomic E-state index is 2.17. The summed E-state index contributed by atoms with van der Waals surface area (Å²) >= 11 is 0. The molecule has 0 aliphatic carbocycles. The summed E-state index contributed by atoms with van der Waals surface area (Å²) in [6.07, 6.45) is 2.50. The summed E-state index contributed by atoms with van der Waals surface area (Å²) in [5.74, 6) is 0. The molecule has 0 heterocycles. The van der Waals surface area contributed by atoms with Crippen molar-refractivity contribution in [2.24, 2.45) is 0 Å². The Hall–Kier alpha value is -0.780. The van der Waals surface area contributed by atoms with Crippen molar-refractivity contribution in [3.8, 4) is 0 Å². The first kappa shape index (κ1) is 25.9. The van der Waals surface area contributed by atoms with Crippen molar-refractivity contribution in [2.45, 2.75) is 82.1 Å². The number of benzene rings is 1. The van der Waals surface area contributed by atoms with Crippen LogP contribution in [0.2, 0.25) is 0 Å². The van der Waals surface area contributed by atoms with E-state index in [2.05, 4.69) is 65.8 Å². The number of aryl methyl sites for hydroxylation is 2. The zero-order chi connectivity index (χ0) is 15.4. The summed E-state index contributed by atoms with van der Waals surface area (Å²) in [4.78, 5) is 0. The molecule has 0 nitrogen and oxygen atoms in total. The van der Waals surface area contributed by atoms with Crippen LogP contribution in [0.15, 0.2) is 24.3 Å². The second kappa shape index (κ2) is 29.8. The largest absolute Gasteiger partial charge is 0.0683 e. The van der Waals surface area contributed by atoms with Gasteiger partial charge in [-0.1, -0.05) is 104 Å². The van der Waals surface area contributed by atoms with Gasteiger partial charge in [0.1, 0.15) is 0 Å². The highest BCUT2D eigenvalue weighted by atomic mass is 13.9. The van der Waals surface area contributed by atoms with Crippen LogP contribution in [0.3, 0.4) is 0 Å². The van der Waals surface area contributed by atoms with Crippen LogP contribution in [0.4, 0.5) is 0 Å². The molecule has 0 heteroatoms. The highest BCUT2D eigenvalue weighted by molar-refractivity contribution is 5.20. The van der Waals surface area contributed by atoms with Gasteiger partial charge in [-0.25, -0.2) is 0 Å². The average molecular weight is 255 g/mol. The zero-order valence-electron chi connectivity index (χ0n) is 14.7. The standard InChI is InChI=1S/C8H10.2C3H8.2C2H6/c1-7-4-3-5-8(2)6-7;2*1-3-2;2*1-2/h3-6H,1-2H3;2*3H2,1-2H3;2*1-2H3. The van der Waals surface area contributed by atoms with E-state index in [9.17, 15) is 0 Å². The van der Waals surface area contributed by atoms with E-state index in [1.54, 1.807) is 0 Å². The normalized spacial score (nSPS) is 6.78. The summed E-state index contributed by atoms with van der Waals surface area (Å²) in [7, 11) is 0. The lowest BCUT2D eigenvalue weighted by molar-refractivity contribution is 1.09. The Morgan fingerprint density at radius 3 is 1.00 bits per heavy atom. The van der Waals surface area contributed by atoms with Crippen LogP contribution >= 0.6 is 0 Å². The fraction of sp³-hybridized carbons (Fsp3) is 0.667. The van der Waals surface area contributed by atoms with E-state index >= 15 is 0 Å². The predicted molar refractivity (Wildman–Crippen MR) is 90.5 cm³/mol. The second-order valence-corrected chi connectivity index (χ2v) is 3.57. The van der Waals surface area contributed by atoms with Gasteiger partial charge in [0.25, 0.3) is 0 Å². The third-order valence-electron chi connectivity index (χ3n) is 1.17. The third-order valence-corrected chi connectivity index (χ3v) is 1.17. The fourth-order valence-electron chi connectivity index (χ4n) is 0.807. The van der Waals surface area contributed by atoms with Crippen molar-refractivity contribution in [3.05, 3.63) is 35.4 Å². The molecule has 0 unspecified atom stereocenters. The van der Waals surface area contributed by atoms with E-state index in [4.69, 9.17) is 0 Å². The van der Waals surface area contributed by atoms with Crippen molar-refractivity contribution in [1.82, 2.24) is 0 Å². The molecule has 0 fully saturated rings. The Labute approximate surface area is 118 Å². The molecule has 0 N–H and O–H groups in total. The highest BCUT2D eigenvalue weighted by Crippen LogP contribution is 2.00. The van der Waals surface area contributed by atoms with Crippen LogP contribution in [0.5, 0.6) is 0 Å². The van der Waals surface area contributed by atoms with Crippen LogP contribution in [0, 0.1) is 13.8 Å². The Bertz CT molecular complexity index is 182. The second-order valence-electron chi connectivity index (χ2n) is 3.57. The van der Waals surface area contributed by atoms with E-state index in [0.29, 0.717) is 0 Å². The third kappa shape index (κ3) is 36.2. The van der Waals surface area contributed by atoms with E-state index in [0.717, 1.165) is 0 Å². The van der Waals surface area contributed by atoms with Crippen molar-refractivity contribution in [1.29, 1.82) is 0 Å². The lowest BCUT2D eigenvalue weighted by Crippen LogP contribution is -1.71. The van der Waals surface area contributed by atoms with Crippen molar-refractivity contribution in [2.75, 3.05) is 0 Å². The molecular formula is C18H38. The monoisotopic (exact) mass is 254 g/mol. The quantitative estimate of drug-likeness (QED) is 0.459. The molecule has 0 saturated heterocycles. The lowest BCUT2D eigenvalue weighted by atomic mass is 10.2. The Balaban J connectivity index is -0.0000000834. The molecule has 1 aromatic rings. The van der Waals surface area contributed by atoms with Gasteiger partial charge in [0.15, 0.2) is 0 Å². The highest BCUT2D eigenvalue weighted by Gasteiger charge is 1.80. The van der Waals surface area contributed by atoms with Crippen LogP contribution < -0.4 is 0 Å². The zero-order valence-corrected chi connectivity index (χ0v) is 14.7. The van der Waals surface area contributed by atoms with E-state index in [1.807, 2.05) is 27.7 Å². The van der Waals surface area contributed by atoms with E-state index in [1.165, 1.54) is 24.0 Å². The van der Waals surface area contributed by atoms with Crippen LogP contribution in [-0.2, 0) is 0 Å². The Kier molecular flexibility index (Phi) is 43.0. The lowest BCUT2D eigenvalue weighted by Gasteiger charge is -1.90. The maximum atomic E-state index is 2.17. The van der Waals surface area contributed by atoms with Gasteiger partial charge < -0.3 is 0 Å². The molecule has 0 amide bonds. The molecule has 1 aromatic carbocycles. The first-order valence-corrected chi connectivity index (χ1v) is 7.65. The topological polar surface area (TPSA) is 0 Å². The first-order valence-electron chi connectivity index (χ1n) is 7.65. The van der Waals surface area contributed by atoms with Gasteiger partial charge in [-0.2, -0.15) is 0 Å². The maximum Gasteiger partial charge on any atom is -0.0398 e. The molecule has 18 heavy (non-hydrogen) atoms. The van der Waals surface area contributed by atoms with Crippen molar-refractivity contribution < 1.29 is 0 Å². The summed E-state index contributed by atoms with van der Waals surface area (Å²) in [6, 6.07) is 8.45. The van der Waals surface area contributed by atoms with Gasteiger partial charge in [0.2, 0.25) is 0 Å². The Morgan fingerprint density at radius 1 is 0.667 bits per heavy atom. The van der Waals surface area contributed by atoms with Crippen LogP contribution in [0.25, 0.3) is 0 Å². The van der Waals surface area contributed by atoms with Gasteiger partial charge in [-0.05, 0) is 13.8 Å². The van der Waals surface area contributed by atoms with Crippen molar-refractivity contribution in [3.63, 3.8) is 0 Å². The van der Waals surface area contributed by atoms with Crippen LogP contribution in [-0.4, -0.2) is 0 Å². The molecule has 0 atom stereocenters. The predicted octanol–water partition coefficient (Wildman–Crippen LogP) is 7.19. The van der Waals surface area contributed by atoms with Gasteiger partial charge >= 0.3 is 0 Å². The molecule has 0 bridgehead atoms. The molecule has 0 radical (unpaired) electrons.